The minimum atomic E-state index is -0.740. The Morgan fingerprint density at radius 2 is 2.53 bits per heavy atom. The maximum atomic E-state index is 10.7. The lowest BCUT2D eigenvalue weighted by Crippen LogP contribution is -2.29. The zero-order chi connectivity index (χ0) is 10.7. The van der Waals surface area contributed by atoms with Crippen molar-refractivity contribution in [3.63, 3.8) is 0 Å². The molecule has 2 rings (SSSR count). The zero-order valence-electron chi connectivity index (χ0n) is 8.48. The number of aliphatic carboxylic acids is 1. The molecule has 1 unspecified atom stereocenters. The molecule has 2 atom stereocenters. The molecule has 2 N–H and O–H groups in total. The lowest BCUT2D eigenvalue weighted by Gasteiger charge is -2.06. The van der Waals surface area contributed by atoms with Crippen LogP contribution in [0.1, 0.15) is 18.6 Å². The Bertz CT molecular complexity index is 321. The first-order chi connectivity index (χ1) is 7.25. The number of carbonyl (C=O) groups is 1. The van der Waals surface area contributed by atoms with Gasteiger partial charge in [-0.3, -0.25) is 4.79 Å². The number of carboxylic acids is 1. The number of hydrogen-bond acceptors (Lipinski definition) is 3. The molecule has 2 heterocycles. The number of hydrogen-bond donors (Lipinski definition) is 2. The van der Waals surface area contributed by atoms with Gasteiger partial charge in [0, 0.05) is 6.42 Å². The third-order valence-corrected chi connectivity index (χ3v) is 2.90. The van der Waals surface area contributed by atoms with Crippen molar-refractivity contribution in [1.82, 2.24) is 5.32 Å². The zero-order valence-corrected chi connectivity index (χ0v) is 8.48. The SMILES string of the molecule is O=C(O)[C@@H]1CC(CCc2ccco2)CN1. The average molecular weight is 209 g/mol. The second-order valence-corrected chi connectivity index (χ2v) is 4.02. The van der Waals surface area contributed by atoms with E-state index in [1.54, 1.807) is 6.26 Å². The van der Waals surface area contributed by atoms with Crippen LogP contribution in [0.2, 0.25) is 0 Å². The normalized spacial score (nSPS) is 25.6. The molecule has 0 saturated carbocycles. The summed E-state index contributed by atoms with van der Waals surface area (Å²) >= 11 is 0. The maximum absolute atomic E-state index is 10.7. The largest absolute Gasteiger partial charge is 0.480 e. The van der Waals surface area contributed by atoms with Gasteiger partial charge in [0.25, 0.3) is 0 Å². The van der Waals surface area contributed by atoms with Crippen molar-refractivity contribution >= 4 is 5.97 Å². The van der Waals surface area contributed by atoms with E-state index in [0.717, 1.165) is 31.6 Å². The molecule has 0 spiro atoms. The van der Waals surface area contributed by atoms with Gasteiger partial charge in [-0.15, -0.1) is 0 Å². The molecule has 1 aliphatic rings. The third-order valence-electron chi connectivity index (χ3n) is 2.90. The number of nitrogens with one attached hydrogen (secondary N) is 1. The van der Waals surface area contributed by atoms with Crippen LogP contribution in [0.15, 0.2) is 22.8 Å². The molecule has 4 heteroatoms. The van der Waals surface area contributed by atoms with Gasteiger partial charge < -0.3 is 14.8 Å². The van der Waals surface area contributed by atoms with E-state index >= 15 is 0 Å². The van der Waals surface area contributed by atoms with Crippen molar-refractivity contribution in [1.29, 1.82) is 0 Å². The molecule has 1 fully saturated rings. The lowest BCUT2D eigenvalue weighted by atomic mass is 9.99. The molecular weight excluding hydrogens is 194 g/mol. The summed E-state index contributed by atoms with van der Waals surface area (Å²) in [6.45, 7) is 0.803. The van der Waals surface area contributed by atoms with E-state index in [1.165, 1.54) is 0 Å². The highest BCUT2D eigenvalue weighted by Gasteiger charge is 2.28. The highest BCUT2D eigenvalue weighted by atomic mass is 16.4. The molecule has 1 aliphatic heterocycles. The van der Waals surface area contributed by atoms with Crippen molar-refractivity contribution in [3.8, 4) is 0 Å². The van der Waals surface area contributed by atoms with Gasteiger partial charge in [0.1, 0.15) is 11.8 Å². The van der Waals surface area contributed by atoms with E-state index in [2.05, 4.69) is 5.32 Å². The highest BCUT2D eigenvalue weighted by molar-refractivity contribution is 5.73. The fourth-order valence-corrected chi connectivity index (χ4v) is 2.02. The summed E-state index contributed by atoms with van der Waals surface area (Å²) in [5, 5.41) is 11.8. The van der Waals surface area contributed by atoms with E-state index in [9.17, 15) is 4.79 Å². The summed E-state index contributed by atoms with van der Waals surface area (Å²) in [5.41, 5.74) is 0. The van der Waals surface area contributed by atoms with E-state index in [4.69, 9.17) is 9.52 Å². The number of aryl methyl sites for hydroxylation is 1. The van der Waals surface area contributed by atoms with Gasteiger partial charge in [-0.25, -0.2) is 0 Å². The summed E-state index contributed by atoms with van der Waals surface area (Å²) in [7, 11) is 0. The summed E-state index contributed by atoms with van der Waals surface area (Å²) in [5.74, 6) is 0.695. The number of rotatable bonds is 4. The van der Waals surface area contributed by atoms with Crippen molar-refractivity contribution in [3.05, 3.63) is 24.2 Å². The number of carboxylic acid groups (broad SMARTS) is 1. The van der Waals surface area contributed by atoms with Gasteiger partial charge in [0.2, 0.25) is 0 Å². The van der Waals surface area contributed by atoms with E-state index in [1.807, 2.05) is 12.1 Å². The highest BCUT2D eigenvalue weighted by Crippen LogP contribution is 2.20. The molecule has 1 saturated heterocycles. The third kappa shape index (κ3) is 2.59. The van der Waals surface area contributed by atoms with Crippen LogP contribution in [0, 0.1) is 5.92 Å². The Labute approximate surface area is 88.3 Å². The average Bonchev–Trinajstić information content (AvgIpc) is 2.86. The predicted octanol–water partition coefficient (Wildman–Crippen LogP) is 1.27. The molecule has 4 nitrogen and oxygen atoms in total. The van der Waals surface area contributed by atoms with Crippen LogP contribution >= 0.6 is 0 Å². The molecule has 15 heavy (non-hydrogen) atoms. The molecule has 0 radical (unpaired) electrons. The fraction of sp³-hybridized carbons (Fsp3) is 0.545. The first-order valence-corrected chi connectivity index (χ1v) is 5.24. The Kier molecular flexibility index (Phi) is 3.06. The van der Waals surface area contributed by atoms with Crippen LogP contribution < -0.4 is 5.32 Å². The summed E-state index contributed by atoms with van der Waals surface area (Å²) in [6, 6.07) is 3.48. The predicted molar refractivity (Wildman–Crippen MR) is 54.6 cm³/mol. The van der Waals surface area contributed by atoms with Crippen LogP contribution in [0.25, 0.3) is 0 Å². The van der Waals surface area contributed by atoms with Crippen molar-refractivity contribution in [2.24, 2.45) is 5.92 Å². The molecule has 1 aromatic heterocycles. The van der Waals surface area contributed by atoms with Crippen molar-refractivity contribution < 1.29 is 14.3 Å². The Hall–Kier alpha value is -1.29. The lowest BCUT2D eigenvalue weighted by molar-refractivity contribution is -0.139. The van der Waals surface area contributed by atoms with Crippen molar-refractivity contribution in [2.75, 3.05) is 6.54 Å². The minimum Gasteiger partial charge on any atom is -0.480 e. The number of furan rings is 1. The minimum absolute atomic E-state index is 0.355. The summed E-state index contributed by atoms with van der Waals surface area (Å²) in [4.78, 5) is 10.7. The van der Waals surface area contributed by atoms with E-state index in [0.29, 0.717) is 5.92 Å². The monoisotopic (exact) mass is 209 g/mol. The van der Waals surface area contributed by atoms with Gasteiger partial charge in [0.15, 0.2) is 0 Å². The molecule has 0 aliphatic carbocycles. The molecule has 82 valence electrons. The van der Waals surface area contributed by atoms with E-state index < -0.39 is 5.97 Å². The van der Waals surface area contributed by atoms with Gasteiger partial charge in [0.05, 0.1) is 6.26 Å². The fourth-order valence-electron chi connectivity index (χ4n) is 2.02. The first kappa shape index (κ1) is 10.2. The second kappa shape index (κ2) is 4.49. The Balaban J connectivity index is 1.75. The van der Waals surface area contributed by atoms with Crippen molar-refractivity contribution in [2.45, 2.75) is 25.3 Å². The van der Waals surface area contributed by atoms with Crippen LogP contribution in [-0.4, -0.2) is 23.7 Å². The summed E-state index contributed by atoms with van der Waals surface area (Å²) < 4.78 is 5.23. The topological polar surface area (TPSA) is 62.5 Å². The van der Waals surface area contributed by atoms with E-state index in [-0.39, 0.29) is 6.04 Å². The Morgan fingerprint density at radius 3 is 3.13 bits per heavy atom. The van der Waals surface area contributed by atoms with Crippen LogP contribution in [0.4, 0.5) is 0 Å². The molecule has 0 amide bonds. The van der Waals surface area contributed by atoms with Gasteiger partial charge in [-0.05, 0) is 37.4 Å². The van der Waals surface area contributed by atoms with Gasteiger partial charge in [-0.2, -0.15) is 0 Å². The second-order valence-electron chi connectivity index (χ2n) is 4.02. The van der Waals surface area contributed by atoms with Crippen LogP contribution in [0.5, 0.6) is 0 Å². The quantitative estimate of drug-likeness (QED) is 0.784. The van der Waals surface area contributed by atoms with Crippen LogP contribution in [-0.2, 0) is 11.2 Å². The molecule has 1 aromatic rings. The van der Waals surface area contributed by atoms with Gasteiger partial charge in [-0.1, -0.05) is 0 Å². The maximum Gasteiger partial charge on any atom is 0.320 e. The Morgan fingerprint density at radius 1 is 1.67 bits per heavy atom. The molecule has 0 aromatic carbocycles. The molecular formula is C11H15NO3. The standard InChI is InChI=1S/C11H15NO3/c13-11(14)10-6-8(7-12-10)3-4-9-2-1-5-15-9/h1-2,5,8,10,12H,3-4,6-7H2,(H,13,14)/t8?,10-/m0/s1. The summed E-state index contributed by atoms with van der Waals surface area (Å²) in [6.07, 6.45) is 4.29. The smallest absolute Gasteiger partial charge is 0.320 e. The van der Waals surface area contributed by atoms with Crippen LogP contribution in [0.3, 0.4) is 0 Å². The van der Waals surface area contributed by atoms with Gasteiger partial charge >= 0.3 is 5.97 Å². The molecule has 0 bridgehead atoms. The first-order valence-electron chi connectivity index (χ1n) is 5.24.